The van der Waals surface area contributed by atoms with Gasteiger partial charge in [-0.1, -0.05) is 18.2 Å². The zero-order valence-electron chi connectivity index (χ0n) is 21.6. The van der Waals surface area contributed by atoms with Crippen molar-refractivity contribution in [3.63, 3.8) is 0 Å². The quantitative estimate of drug-likeness (QED) is 0.290. The number of anilines is 4. The highest BCUT2D eigenvalue weighted by Crippen LogP contribution is 2.31. The summed E-state index contributed by atoms with van der Waals surface area (Å²) in [6.07, 6.45) is -1.19. The van der Waals surface area contributed by atoms with Crippen LogP contribution >= 0.6 is 0 Å². The molecule has 2 aromatic carbocycles. The second-order valence-corrected chi connectivity index (χ2v) is 9.59. The highest BCUT2D eigenvalue weighted by Gasteiger charge is 2.32. The minimum absolute atomic E-state index is 0.105. The average molecular weight is 549 g/mol. The number of aromatic nitrogens is 3. The lowest BCUT2D eigenvalue weighted by Gasteiger charge is -2.36. The molecule has 0 spiro atoms. The van der Waals surface area contributed by atoms with E-state index in [0.717, 1.165) is 23.5 Å². The van der Waals surface area contributed by atoms with Gasteiger partial charge in [0.15, 0.2) is 0 Å². The lowest BCUT2D eigenvalue weighted by Crippen LogP contribution is -2.42. The van der Waals surface area contributed by atoms with Gasteiger partial charge in [0.25, 0.3) is 5.91 Å². The van der Waals surface area contributed by atoms with Gasteiger partial charge in [-0.15, -0.1) is 0 Å². The largest absolute Gasteiger partial charge is 0.416 e. The molecule has 3 heterocycles. The SMILES string of the molecule is Cc1ccc(NC(=O)c2cccc(C(F)(F)F)c2)cc1Nc1nccc(C2CN(c3ccccn3)CCC2O)n1. The Balaban J connectivity index is 1.32. The van der Waals surface area contributed by atoms with Crippen molar-refractivity contribution < 1.29 is 23.1 Å². The number of aliphatic hydroxyl groups excluding tert-OH is 1. The van der Waals surface area contributed by atoms with Crippen LogP contribution in [0.5, 0.6) is 0 Å². The molecule has 0 radical (unpaired) electrons. The van der Waals surface area contributed by atoms with Gasteiger partial charge in [0, 0.05) is 48.3 Å². The topological polar surface area (TPSA) is 103 Å². The molecule has 11 heteroatoms. The molecule has 1 saturated heterocycles. The molecular formula is C29H27F3N6O2. The summed E-state index contributed by atoms with van der Waals surface area (Å²) in [5, 5.41) is 16.6. The fraction of sp³-hybridized carbons (Fsp3) is 0.241. The average Bonchev–Trinajstić information content (AvgIpc) is 2.95. The molecule has 1 aliphatic rings. The number of piperidine rings is 1. The molecule has 1 fully saturated rings. The maximum atomic E-state index is 13.1. The third kappa shape index (κ3) is 6.20. The minimum atomic E-state index is -4.55. The smallest absolute Gasteiger partial charge is 0.392 e. The van der Waals surface area contributed by atoms with Crippen LogP contribution in [0.3, 0.4) is 0 Å². The number of nitrogens with zero attached hydrogens (tertiary/aromatic N) is 4. The Bertz CT molecular complexity index is 1500. The fourth-order valence-corrected chi connectivity index (χ4v) is 4.61. The summed E-state index contributed by atoms with van der Waals surface area (Å²) in [6.45, 7) is 3.09. The number of hydrogen-bond acceptors (Lipinski definition) is 7. The van der Waals surface area contributed by atoms with Crippen molar-refractivity contribution in [3.8, 4) is 0 Å². The van der Waals surface area contributed by atoms with Gasteiger partial charge < -0.3 is 20.6 Å². The molecule has 206 valence electrons. The van der Waals surface area contributed by atoms with Gasteiger partial charge in [-0.05, 0) is 67.4 Å². The molecule has 1 aliphatic heterocycles. The highest BCUT2D eigenvalue weighted by atomic mass is 19.4. The van der Waals surface area contributed by atoms with Crippen LogP contribution in [0.25, 0.3) is 0 Å². The summed E-state index contributed by atoms with van der Waals surface area (Å²) in [7, 11) is 0. The van der Waals surface area contributed by atoms with Crippen LogP contribution < -0.4 is 15.5 Å². The van der Waals surface area contributed by atoms with Crippen LogP contribution in [-0.2, 0) is 6.18 Å². The lowest BCUT2D eigenvalue weighted by atomic mass is 9.91. The van der Waals surface area contributed by atoms with Crippen molar-refractivity contribution in [3.05, 3.63) is 102 Å². The molecule has 5 rings (SSSR count). The Labute approximate surface area is 228 Å². The van der Waals surface area contributed by atoms with E-state index in [9.17, 15) is 23.1 Å². The molecule has 40 heavy (non-hydrogen) atoms. The number of aryl methyl sites for hydroxylation is 1. The summed E-state index contributed by atoms with van der Waals surface area (Å²) in [6, 6.07) is 16.8. The second kappa shape index (κ2) is 11.3. The van der Waals surface area contributed by atoms with Gasteiger partial charge in [-0.25, -0.2) is 15.0 Å². The van der Waals surface area contributed by atoms with E-state index in [0.29, 0.717) is 42.5 Å². The number of alkyl halides is 3. The van der Waals surface area contributed by atoms with E-state index in [-0.39, 0.29) is 11.5 Å². The molecule has 0 aliphatic carbocycles. The zero-order chi connectivity index (χ0) is 28.3. The summed E-state index contributed by atoms with van der Waals surface area (Å²) in [4.78, 5) is 28.2. The van der Waals surface area contributed by atoms with E-state index in [1.807, 2.05) is 25.1 Å². The van der Waals surface area contributed by atoms with E-state index in [1.54, 1.807) is 36.7 Å². The number of hydrogen-bond donors (Lipinski definition) is 3. The summed E-state index contributed by atoms with van der Waals surface area (Å²) >= 11 is 0. The van der Waals surface area contributed by atoms with Crippen LogP contribution in [0.4, 0.5) is 36.3 Å². The predicted octanol–water partition coefficient (Wildman–Crippen LogP) is 5.55. The molecule has 0 saturated carbocycles. The first kappa shape index (κ1) is 27.1. The van der Waals surface area contributed by atoms with Crippen LogP contribution in [-0.4, -0.2) is 45.2 Å². The van der Waals surface area contributed by atoms with E-state index in [1.165, 1.54) is 12.1 Å². The van der Waals surface area contributed by atoms with Crippen molar-refractivity contribution in [2.24, 2.45) is 0 Å². The fourth-order valence-electron chi connectivity index (χ4n) is 4.61. The van der Waals surface area contributed by atoms with E-state index in [2.05, 4.69) is 30.5 Å². The van der Waals surface area contributed by atoms with Gasteiger partial charge >= 0.3 is 6.18 Å². The molecule has 3 N–H and O–H groups in total. The first-order chi connectivity index (χ1) is 19.2. The van der Waals surface area contributed by atoms with Crippen molar-refractivity contribution >= 4 is 29.0 Å². The monoisotopic (exact) mass is 548 g/mol. The van der Waals surface area contributed by atoms with Crippen molar-refractivity contribution in [2.75, 3.05) is 28.6 Å². The maximum absolute atomic E-state index is 13.1. The van der Waals surface area contributed by atoms with Gasteiger partial charge in [0.2, 0.25) is 5.95 Å². The standard InChI is InChI=1S/C29H27F3N6O2/c1-18-8-9-21(35-27(40)19-5-4-6-20(15-19)29(30,31)32)16-24(18)37-28-34-13-10-23(36-28)22-17-38(14-11-25(22)39)26-7-2-3-12-33-26/h2-10,12-13,15-16,22,25,39H,11,14,17H2,1H3,(H,35,40)(H,34,36,37). The second-order valence-electron chi connectivity index (χ2n) is 9.59. The Morgan fingerprint density at radius 2 is 1.88 bits per heavy atom. The Kier molecular flexibility index (Phi) is 7.65. The number of pyridine rings is 1. The number of carbonyl (C=O) groups is 1. The van der Waals surface area contributed by atoms with Crippen molar-refractivity contribution in [2.45, 2.75) is 31.5 Å². The number of benzene rings is 2. The molecule has 2 unspecified atom stereocenters. The van der Waals surface area contributed by atoms with E-state index >= 15 is 0 Å². The van der Waals surface area contributed by atoms with Crippen LogP contribution in [0, 0.1) is 6.92 Å². The summed E-state index contributed by atoms with van der Waals surface area (Å²) in [5.41, 5.74) is 1.52. The van der Waals surface area contributed by atoms with Crippen molar-refractivity contribution in [1.82, 2.24) is 15.0 Å². The van der Waals surface area contributed by atoms with Crippen LogP contribution in [0.1, 0.15) is 39.5 Å². The zero-order valence-corrected chi connectivity index (χ0v) is 21.6. The maximum Gasteiger partial charge on any atom is 0.416 e. The minimum Gasteiger partial charge on any atom is -0.392 e. The highest BCUT2D eigenvalue weighted by molar-refractivity contribution is 6.04. The van der Waals surface area contributed by atoms with E-state index < -0.39 is 23.8 Å². The summed E-state index contributed by atoms with van der Waals surface area (Å²) < 4.78 is 39.2. The number of rotatable bonds is 6. The molecule has 1 amide bonds. The van der Waals surface area contributed by atoms with Gasteiger partial charge in [0.1, 0.15) is 5.82 Å². The molecule has 0 bridgehead atoms. The van der Waals surface area contributed by atoms with Crippen molar-refractivity contribution in [1.29, 1.82) is 0 Å². The van der Waals surface area contributed by atoms with Crippen LogP contribution in [0.2, 0.25) is 0 Å². The third-order valence-corrected chi connectivity index (χ3v) is 6.80. The van der Waals surface area contributed by atoms with Gasteiger partial charge in [-0.3, -0.25) is 4.79 Å². The van der Waals surface area contributed by atoms with Crippen LogP contribution in [0.15, 0.2) is 79.1 Å². The molecule has 2 atom stereocenters. The van der Waals surface area contributed by atoms with E-state index in [4.69, 9.17) is 0 Å². The first-order valence-electron chi connectivity index (χ1n) is 12.7. The number of halogens is 3. The predicted molar refractivity (Wildman–Crippen MR) is 146 cm³/mol. The lowest BCUT2D eigenvalue weighted by molar-refractivity contribution is -0.137. The summed E-state index contributed by atoms with van der Waals surface area (Å²) in [5.74, 6) is 0.233. The Hall–Kier alpha value is -4.51. The molecule has 2 aromatic heterocycles. The molecular weight excluding hydrogens is 521 g/mol. The number of amides is 1. The molecule has 8 nitrogen and oxygen atoms in total. The van der Waals surface area contributed by atoms with Gasteiger partial charge in [-0.2, -0.15) is 13.2 Å². The first-order valence-corrected chi connectivity index (χ1v) is 12.7. The normalized spacial score (nSPS) is 17.4. The Morgan fingerprint density at radius 3 is 2.65 bits per heavy atom. The number of aliphatic hydroxyl groups is 1. The number of carbonyl (C=O) groups excluding carboxylic acids is 1. The Morgan fingerprint density at radius 1 is 1.02 bits per heavy atom. The third-order valence-electron chi connectivity index (χ3n) is 6.80. The molecule has 4 aromatic rings. The van der Waals surface area contributed by atoms with Gasteiger partial charge in [0.05, 0.1) is 17.4 Å². The number of nitrogens with one attached hydrogen (secondary N) is 2.